The highest BCUT2D eigenvalue weighted by molar-refractivity contribution is 5.75. The summed E-state index contributed by atoms with van der Waals surface area (Å²) in [6.07, 6.45) is 2.46. The van der Waals surface area contributed by atoms with E-state index >= 15 is 0 Å². The standard InChI is InChI=1S/C16H25N3/c1-5-13(6-2)12(3)17-11-16-18-14-9-7-8-10-15(14)19(16)4/h7-10,12-13,17H,5-6,11H2,1-4H3. The summed E-state index contributed by atoms with van der Waals surface area (Å²) in [6.45, 7) is 7.64. The number of para-hydroxylation sites is 2. The van der Waals surface area contributed by atoms with E-state index in [0.717, 1.165) is 23.8 Å². The van der Waals surface area contributed by atoms with Crippen molar-refractivity contribution in [2.45, 2.75) is 46.2 Å². The van der Waals surface area contributed by atoms with Crippen LogP contribution in [0.5, 0.6) is 0 Å². The fourth-order valence-electron chi connectivity index (χ4n) is 2.77. The fraction of sp³-hybridized carbons (Fsp3) is 0.562. The first-order valence-corrected chi connectivity index (χ1v) is 7.31. The van der Waals surface area contributed by atoms with Crippen LogP contribution >= 0.6 is 0 Å². The average Bonchev–Trinajstić information content (AvgIpc) is 2.75. The molecule has 1 aromatic heterocycles. The lowest BCUT2D eigenvalue weighted by molar-refractivity contribution is 0.349. The summed E-state index contributed by atoms with van der Waals surface area (Å²) >= 11 is 0. The van der Waals surface area contributed by atoms with Crippen molar-refractivity contribution in [1.82, 2.24) is 14.9 Å². The fourth-order valence-corrected chi connectivity index (χ4v) is 2.77. The molecule has 1 heterocycles. The Labute approximate surface area is 116 Å². The van der Waals surface area contributed by atoms with Gasteiger partial charge in [-0.3, -0.25) is 0 Å². The van der Waals surface area contributed by atoms with Crippen molar-refractivity contribution in [1.29, 1.82) is 0 Å². The molecule has 104 valence electrons. The predicted octanol–water partition coefficient (Wildman–Crippen LogP) is 3.49. The van der Waals surface area contributed by atoms with Crippen molar-refractivity contribution in [2.75, 3.05) is 0 Å². The number of aromatic nitrogens is 2. The third kappa shape index (κ3) is 2.98. The molecule has 0 spiro atoms. The van der Waals surface area contributed by atoms with Gasteiger partial charge in [0.05, 0.1) is 17.6 Å². The smallest absolute Gasteiger partial charge is 0.123 e. The Bertz CT molecular complexity index is 526. The van der Waals surface area contributed by atoms with Gasteiger partial charge in [0.15, 0.2) is 0 Å². The van der Waals surface area contributed by atoms with Crippen molar-refractivity contribution >= 4 is 11.0 Å². The normalized spacial score (nSPS) is 13.3. The van der Waals surface area contributed by atoms with Gasteiger partial charge in [-0.25, -0.2) is 4.98 Å². The van der Waals surface area contributed by atoms with Crippen LogP contribution in [-0.2, 0) is 13.6 Å². The highest BCUT2D eigenvalue weighted by atomic mass is 15.1. The van der Waals surface area contributed by atoms with E-state index in [1.807, 2.05) is 6.07 Å². The zero-order valence-electron chi connectivity index (χ0n) is 12.5. The molecule has 0 radical (unpaired) electrons. The van der Waals surface area contributed by atoms with Crippen LogP contribution in [0.25, 0.3) is 11.0 Å². The van der Waals surface area contributed by atoms with Gasteiger partial charge in [0.2, 0.25) is 0 Å². The summed E-state index contributed by atoms with van der Waals surface area (Å²) < 4.78 is 2.18. The maximum Gasteiger partial charge on any atom is 0.123 e. The molecule has 19 heavy (non-hydrogen) atoms. The lowest BCUT2D eigenvalue weighted by Crippen LogP contribution is -2.33. The summed E-state index contributed by atoms with van der Waals surface area (Å²) in [4.78, 5) is 4.70. The zero-order valence-corrected chi connectivity index (χ0v) is 12.5. The minimum Gasteiger partial charge on any atom is -0.330 e. The topological polar surface area (TPSA) is 29.9 Å². The third-order valence-electron chi connectivity index (χ3n) is 4.22. The molecule has 0 amide bonds. The molecule has 0 saturated carbocycles. The highest BCUT2D eigenvalue weighted by Gasteiger charge is 2.14. The van der Waals surface area contributed by atoms with Gasteiger partial charge in [0.1, 0.15) is 5.82 Å². The molecule has 0 saturated heterocycles. The zero-order chi connectivity index (χ0) is 13.8. The molecular formula is C16H25N3. The number of nitrogens with zero attached hydrogens (tertiary/aromatic N) is 2. The van der Waals surface area contributed by atoms with Gasteiger partial charge in [-0.2, -0.15) is 0 Å². The van der Waals surface area contributed by atoms with Gasteiger partial charge in [-0.15, -0.1) is 0 Å². The largest absolute Gasteiger partial charge is 0.330 e. The minimum absolute atomic E-state index is 0.537. The van der Waals surface area contributed by atoms with E-state index in [9.17, 15) is 0 Å². The van der Waals surface area contributed by atoms with Crippen LogP contribution in [0.1, 0.15) is 39.4 Å². The lowest BCUT2D eigenvalue weighted by Gasteiger charge is -2.22. The second kappa shape index (κ2) is 6.20. The molecule has 0 bridgehead atoms. The van der Waals surface area contributed by atoms with E-state index in [0.29, 0.717) is 6.04 Å². The number of benzene rings is 1. The summed E-state index contributed by atoms with van der Waals surface area (Å²) in [5, 5.41) is 3.62. The van der Waals surface area contributed by atoms with E-state index < -0.39 is 0 Å². The summed E-state index contributed by atoms with van der Waals surface area (Å²) in [5.74, 6) is 1.86. The van der Waals surface area contributed by atoms with Crippen molar-refractivity contribution in [3.63, 3.8) is 0 Å². The first kappa shape index (κ1) is 14.1. The Kier molecular flexibility index (Phi) is 4.59. The molecular weight excluding hydrogens is 234 g/mol. The summed E-state index contributed by atoms with van der Waals surface area (Å²) in [5.41, 5.74) is 2.28. The monoisotopic (exact) mass is 259 g/mol. The number of hydrogen-bond donors (Lipinski definition) is 1. The van der Waals surface area contributed by atoms with Gasteiger partial charge in [-0.1, -0.05) is 38.8 Å². The second-order valence-electron chi connectivity index (χ2n) is 5.32. The molecule has 3 heteroatoms. The Morgan fingerprint density at radius 3 is 2.53 bits per heavy atom. The molecule has 1 atom stereocenters. The Morgan fingerprint density at radius 1 is 1.21 bits per heavy atom. The van der Waals surface area contributed by atoms with Gasteiger partial charge < -0.3 is 9.88 Å². The first-order valence-electron chi connectivity index (χ1n) is 7.31. The average molecular weight is 259 g/mol. The molecule has 0 fully saturated rings. The maximum absolute atomic E-state index is 4.70. The molecule has 1 N–H and O–H groups in total. The van der Waals surface area contributed by atoms with Crippen LogP contribution in [0.3, 0.4) is 0 Å². The van der Waals surface area contributed by atoms with Crippen LogP contribution in [0, 0.1) is 5.92 Å². The quantitative estimate of drug-likeness (QED) is 0.860. The van der Waals surface area contributed by atoms with E-state index in [2.05, 4.69) is 55.9 Å². The number of fused-ring (bicyclic) bond motifs is 1. The SMILES string of the molecule is CCC(CC)C(C)NCc1nc2ccccc2n1C. The van der Waals surface area contributed by atoms with E-state index in [-0.39, 0.29) is 0 Å². The lowest BCUT2D eigenvalue weighted by atomic mass is 9.95. The number of imidazole rings is 1. The van der Waals surface area contributed by atoms with Gasteiger partial charge >= 0.3 is 0 Å². The van der Waals surface area contributed by atoms with Crippen molar-refractivity contribution in [3.8, 4) is 0 Å². The van der Waals surface area contributed by atoms with Crippen molar-refractivity contribution < 1.29 is 0 Å². The maximum atomic E-state index is 4.70. The summed E-state index contributed by atoms with van der Waals surface area (Å²) in [7, 11) is 2.09. The predicted molar refractivity (Wildman–Crippen MR) is 81.1 cm³/mol. The third-order valence-corrected chi connectivity index (χ3v) is 4.22. The van der Waals surface area contributed by atoms with Crippen LogP contribution < -0.4 is 5.32 Å². The number of rotatable bonds is 6. The minimum atomic E-state index is 0.537. The molecule has 2 aromatic rings. The van der Waals surface area contributed by atoms with Gasteiger partial charge in [-0.05, 0) is 25.0 Å². The van der Waals surface area contributed by atoms with Crippen molar-refractivity contribution in [3.05, 3.63) is 30.1 Å². The van der Waals surface area contributed by atoms with Crippen LogP contribution in [0.4, 0.5) is 0 Å². The van der Waals surface area contributed by atoms with Crippen LogP contribution in [0.15, 0.2) is 24.3 Å². The Balaban J connectivity index is 2.07. The Hall–Kier alpha value is -1.35. The molecule has 0 aliphatic heterocycles. The van der Waals surface area contributed by atoms with Crippen LogP contribution in [0.2, 0.25) is 0 Å². The van der Waals surface area contributed by atoms with Gasteiger partial charge in [0, 0.05) is 13.1 Å². The molecule has 1 aromatic carbocycles. The van der Waals surface area contributed by atoms with Gasteiger partial charge in [0.25, 0.3) is 0 Å². The molecule has 3 nitrogen and oxygen atoms in total. The first-order chi connectivity index (χ1) is 9.17. The molecule has 2 rings (SSSR count). The number of hydrogen-bond acceptors (Lipinski definition) is 2. The second-order valence-corrected chi connectivity index (χ2v) is 5.32. The Morgan fingerprint density at radius 2 is 1.89 bits per heavy atom. The van der Waals surface area contributed by atoms with Crippen molar-refractivity contribution in [2.24, 2.45) is 13.0 Å². The number of aryl methyl sites for hydroxylation is 1. The highest BCUT2D eigenvalue weighted by Crippen LogP contribution is 2.16. The van der Waals surface area contributed by atoms with E-state index in [1.165, 1.54) is 18.4 Å². The molecule has 0 aliphatic carbocycles. The van der Waals surface area contributed by atoms with E-state index in [1.54, 1.807) is 0 Å². The number of nitrogens with one attached hydrogen (secondary N) is 1. The van der Waals surface area contributed by atoms with Crippen LogP contribution in [-0.4, -0.2) is 15.6 Å². The summed E-state index contributed by atoms with van der Waals surface area (Å²) in [6, 6.07) is 8.84. The van der Waals surface area contributed by atoms with E-state index in [4.69, 9.17) is 4.98 Å². The molecule has 1 unspecified atom stereocenters. The molecule has 0 aliphatic rings.